The van der Waals surface area contributed by atoms with E-state index >= 15 is 0 Å². The molecule has 2 aromatic rings. The summed E-state index contributed by atoms with van der Waals surface area (Å²) in [6.45, 7) is 3.95. The van der Waals surface area contributed by atoms with E-state index in [0.29, 0.717) is 21.4 Å². The van der Waals surface area contributed by atoms with Gasteiger partial charge in [-0.25, -0.2) is 4.39 Å². The van der Waals surface area contributed by atoms with Gasteiger partial charge in [0.2, 0.25) is 0 Å². The van der Waals surface area contributed by atoms with Gasteiger partial charge in [0.1, 0.15) is 5.82 Å². The van der Waals surface area contributed by atoms with Gasteiger partial charge in [-0.3, -0.25) is 9.69 Å². The quantitative estimate of drug-likeness (QED) is 0.771. The minimum atomic E-state index is -0.362. The molecule has 1 aliphatic heterocycles. The molecule has 1 amide bonds. The summed E-state index contributed by atoms with van der Waals surface area (Å²) < 4.78 is 13.6. The fraction of sp³-hybridized carbons (Fsp3) is 0. The molecule has 0 saturated carbocycles. The number of anilines is 1. The molecule has 0 atom stereocenters. The Morgan fingerprint density at radius 1 is 1.11 bits per heavy atom. The van der Waals surface area contributed by atoms with E-state index in [9.17, 15) is 9.18 Å². The van der Waals surface area contributed by atoms with Crippen molar-refractivity contribution in [1.29, 1.82) is 0 Å². The number of rotatable bonds is 1. The minimum absolute atomic E-state index is 0.140. The summed E-state index contributed by atoms with van der Waals surface area (Å²) in [5.74, 6) is -0.502. The molecule has 3 rings (SSSR count). The molecule has 0 bridgehead atoms. The van der Waals surface area contributed by atoms with Gasteiger partial charge < -0.3 is 0 Å². The molecule has 0 aliphatic carbocycles. The van der Waals surface area contributed by atoms with Gasteiger partial charge in [-0.2, -0.15) is 0 Å². The van der Waals surface area contributed by atoms with E-state index in [1.807, 2.05) is 18.2 Å². The van der Waals surface area contributed by atoms with Crippen molar-refractivity contribution >= 4 is 33.2 Å². The normalized spacial score (nSPS) is 13.9. The van der Waals surface area contributed by atoms with Gasteiger partial charge in [-0.05, 0) is 40.2 Å². The molecule has 0 radical (unpaired) electrons. The van der Waals surface area contributed by atoms with E-state index in [4.69, 9.17) is 0 Å². The SMILES string of the molecule is C=C1c2ccccc2C(=O)N1c1ccc(F)c(Br)c1. The van der Waals surface area contributed by atoms with Crippen LogP contribution in [0.25, 0.3) is 5.70 Å². The molecule has 0 aromatic heterocycles. The fourth-order valence-electron chi connectivity index (χ4n) is 2.18. The van der Waals surface area contributed by atoms with Crippen molar-refractivity contribution in [3.05, 3.63) is 70.5 Å². The Balaban J connectivity index is 2.11. The highest BCUT2D eigenvalue weighted by Crippen LogP contribution is 2.36. The topological polar surface area (TPSA) is 20.3 Å². The lowest BCUT2D eigenvalue weighted by Crippen LogP contribution is -2.21. The Morgan fingerprint density at radius 3 is 2.42 bits per heavy atom. The highest BCUT2D eigenvalue weighted by molar-refractivity contribution is 9.10. The van der Waals surface area contributed by atoms with Crippen LogP contribution in [0.5, 0.6) is 0 Å². The summed E-state index contributed by atoms with van der Waals surface area (Å²) in [5, 5.41) is 0. The van der Waals surface area contributed by atoms with E-state index < -0.39 is 0 Å². The maximum atomic E-state index is 13.3. The van der Waals surface area contributed by atoms with Crippen molar-refractivity contribution in [3.63, 3.8) is 0 Å². The van der Waals surface area contributed by atoms with E-state index in [-0.39, 0.29) is 11.7 Å². The molecule has 19 heavy (non-hydrogen) atoms. The molecule has 1 aliphatic rings. The number of hydrogen-bond donors (Lipinski definition) is 0. The summed E-state index contributed by atoms with van der Waals surface area (Å²) in [4.78, 5) is 13.9. The predicted octanol–water partition coefficient (Wildman–Crippen LogP) is 4.22. The average Bonchev–Trinajstić information content (AvgIpc) is 2.66. The van der Waals surface area contributed by atoms with Crippen molar-refractivity contribution in [2.24, 2.45) is 0 Å². The number of halogens is 2. The number of benzene rings is 2. The Kier molecular flexibility index (Phi) is 2.75. The number of fused-ring (bicyclic) bond motifs is 1. The van der Waals surface area contributed by atoms with Gasteiger partial charge >= 0.3 is 0 Å². The second-order valence-electron chi connectivity index (χ2n) is 4.23. The number of amides is 1. The van der Waals surface area contributed by atoms with Gasteiger partial charge in [0.25, 0.3) is 5.91 Å². The van der Waals surface area contributed by atoms with Gasteiger partial charge in [-0.15, -0.1) is 0 Å². The lowest BCUT2D eigenvalue weighted by Gasteiger charge is -2.17. The largest absolute Gasteiger partial charge is 0.277 e. The number of hydrogen-bond acceptors (Lipinski definition) is 1. The zero-order valence-electron chi connectivity index (χ0n) is 9.86. The van der Waals surface area contributed by atoms with Crippen LogP contribution in [0.15, 0.2) is 53.5 Å². The van der Waals surface area contributed by atoms with Crippen LogP contribution < -0.4 is 4.90 Å². The van der Waals surface area contributed by atoms with Crippen LogP contribution in [0.3, 0.4) is 0 Å². The first-order valence-corrected chi connectivity index (χ1v) is 6.46. The number of carbonyl (C=O) groups excluding carboxylic acids is 1. The first-order chi connectivity index (χ1) is 9.09. The molecular weight excluding hydrogens is 309 g/mol. The average molecular weight is 318 g/mol. The Bertz CT molecular complexity index is 676. The van der Waals surface area contributed by atoms with Gasteiger partial charge in [0, 0.05) is 11.1 Å². The van der Waals surface area contributed by atoms with Crippen LogP contribution in [0.1, 0.15) is 15.9 Å². The van der Waals surface area contributed by atoms with Crippen molar-refractivity contribution in [2.45, 2.75) is 0 Å². The van der Waals surface area contributed by atoms with Crippen molar-refractivity contribution in [3.8, 4) is 0 Å². The summed E-state index contributed by atoms with van der Waals surface area (Å²) in [6, 6.07) is 11.8. The lowest BCUT2D eigenvalue weighted by molar-refractivity contribution is 0.101. The van der Waals surface area contributed by atoms with E-state index in [2.05, 4.69) is 22.5 Å². The van der Waals surface area contributed by atoms with E-state index in [1.165, 1.54) is 11.0 Å². The zero-order valence-corrected chi connectivity index (χ0v) is 11.4. The van der Waals surface area contributed by atoms with E-state index in [0.717, 1.165) is 5.56 Å². The molecule has 94 valence electrons. The molecule has 0 spiro atoms. The standard InChI is InChI=1S/C15H9BrFNO/c1-9-11-4-2-3-5-12(11)15(19)18(9)10-6-7-14(17)13(16)8-10/h2-8H,1H2. The summed E-state index contributed by atoms with van der Waals surface area (Å²) in [7, 11) is 0. The van der Waals surface area contributed by atoms with Gasteiger partial charge in [0.05, 0.1) is 15.9 Å². The summed E-state index contributed by atoms with van der Waals surface area (Å²) in [6.07, 6.45) is 0. The smallest absolute Gasteiger partial charge is 0.263 e. The molecule has 0 N–H and O–H groups in total. The minimum Gasteiger partial charge on any atom is -0.277 e. The highest BCUT2D eigenvalue weighted by atomic mass is 79.9. The fourth-order valence-corrected chi connectivity index (χ4v) is 2.55. The second-order valence-corrected chi connectivity index (χ2v) is 5.09. The van der Waals surface area contributed by atoms with Crippen molar-refractivity contribution in [2.75, 3.05) is 4.90 Å². The van der Waals surface area contributed by atoms with Crippen LogP contribution in [0.4, 0.5) is 10.1 Å². The summed E-state index contributed by atoms with van der Waals surface area (Å²) >= 11 is 3.13. The molecule has 1 heterocycles. The Labute approximate surface area is 118 Å². The predicted molar refractivity (Wildman–Crippen MR) is 76.4 cm³/mol. The maximum Gasteiger partial charge on any atom is 0.263 e. The maximum absolute atomic E-state index is 13.3. The van der Waals surface area contributed by atoms with Crippen molar-refractivity contribution < 1.29 is 9.18 Å². The molecular formula is C15H9BrFNO. The van der Waals surface area contributed by atoms with Crippen molar-refractivity contribution in [1.82, 2.24) is 0 Å². The summed E-state index contributed by atoms with van der Waals surface area (Å²) in [5.41, 5.74) is 2.64. The molecule has 0 fully saturated rings. The number of carbonyl (C=O) groups is 1. The lowest BCUT2D eigenvalue weighted by atomic mass is 10.1. The van der Waals surface area contributed by atoms with Crippen LogP contribution in [-0.2, 0) is 0 Å². The van der Waals surface area contributed by atoms with Gasteiger partial charge in [-0.1, -0.05) is 24.8 Å². The Morgan fingerprint density at radius 2 is 1.79 bits per heavy atom. The monoisotopic (exact) mass is 317 g/mol. The third-order valence-electron chi connectivity index (χ3n) is 3.10. The van der Waals surface area contributed by atoms with Crippen LogP contribution >= 0.6 is 15.9 Å². The first-order valence-electron chi connectivity index (χ1n) is 5.67. The first kappa shape index (κ1) is 12.1. The molecule has 2 aromatic carbocycles. The van der Waals surface area contributed by atoms with Gasteiger partial charge in [0.15, 0.2) is 0 Å². The molecule has 0 unspecified atom stereocenters. The van der Waals surface area contributed by atoms with Crippen LogP contribution in [0.2, 0.25) is 0 Å². The number of nitrogens with zero attached hydrogens (tertiary/aromatic N) is 1. The third kappa shape index (κ3) is 1.79. The zero-order chi connectivity index (χ0) is 13.6. The molecule has 2 nitrogen and oxygen atoms in total. The van der Waals surface area contributed by atoms with Crippen LogP contribution in [-0.4, -0.2) is 5.91 Å². The van der Waals surface area contributed by atoms with E-state index in [1.54, 1.807) is 18.2 Å². The van der Waals surface area contributed by atoms with Crippen LogP contribution in [0, 0.1) is 5.82 Å². The third-order valence-corrected chi connectivity index (χ3v) is 3.71. The Hall–Kier alpha value is -1.94. The highest BCUT2D eigenvalue weighted by Gasteiger charge is 2.31. The second kappa shape index (κ2) is 4.31. The molecule has 4 heteroatoms. The molecule has 0 saturated heterocycles.